The Labute approximate surface area is 107 Å². The molecule has 1 aliphatic carbocycles. The normalized spacial score (nSPS) is 36.8. The first-order chi connectivity index (χ1) is 7.24. The monoisotopic (exact) mass is 246 g/mol. The van der Waals surface area contributed by atoms with Crippen molar-refractivity contribution in [1.82, 2.24) is 10.2 Å². The first-order valence-electron chi connectivity index (χ1n) is 6.70. The molecule has 1 N–H and O–H groups in total. The number of hydrogen-bond acceptors (Lipinski definition) is 2. The van der Waals surface area contributed by atoms with E-state index in [0.717, 1.165) is 11.8 Å². The summed E-state index contributed by atoms with van der Waals surface area (Å²) >= 11 is 0. The molecule has 96 valence electrons. The number of piperazine rings is 1. The van der Waals surface area contributed by atoms with Crippen molar-refractivity contribution < 1.29 is 0 Å². The minimum atomic E-state index is 0. The van der Waals surface area contributed by atoms with Gasteiger partial charge in [0.1, 0.15) is 0 Å². The fourth-order valence-electron chi connectivity index (χ4n) is 3.05. The summed E-state index contributed by atoms with van der Waals surface area (Å²) in [5.74, 6) is 1.98. The summed E-state index contributed by atoms with van der Waals surface area (Å²) < 4.78 is 0. The van der Waals surface area contributed by atoms with Crippen LogP contribution in [-0.2, 0) is 0 Å². The molecule has 1 aliphatic heterocycles. The summed E-state index contributed by atoms with van der Waals surface area (Å²) in [6.07, 6.45) is 5.87. The fraction of sp³-hybridized carbons (Fsp3) is 1.00. The molecule has 1 saturated heterocycles. The van der Waals surface area contributed by atoms with E-state index in [1.54, 1.807) is 0 Å². The van der Waals surface area contributed by atoms with Crippen LogP contribution in [0.15, 0.2) is 0 Å². The van der Waals surface area contributed by atoms with Crippen molar-refractivity contribution in [3.8, 4) is 0 Å². The minimum absolute atomic E-state index is 0. The highest BCUT2D eigenvalue weighted by Gasteiger charge is 2.22. The SMILES string of the molecule is CC1CCC(CN2CCN[C@@H](C)C2)CC1.Cl. The van der Waals surface area contributed by atoms with Gasteiger partial charge in [-0.3, -0.25) is 0 Å². The van der Waals surface area contributed by atoms with Crippen molar-refractivity contribution in [1.29, 1.82) is 0 Å². The first-order valence-corrected chi connectivity index (χ1v) is 6.70. The van der Waals surface area contributed by atoms with Crippen LogP contribution >= 0.6 is 12.4 Å². The number of nitrogens with one attached hydrogen (secondary N) is 1. The van der Waals surface area contributed by atoms with Crippen LogP contribution in [0.1, 0.15) is 39.5 Å². The highest BCUT2D eigenvalue weighted by Crippen LogP contribution is 2.28. The van der Waals surface area contributed by atoms with E-state index < -0.39 is 0 Å². The fourth-order valence-corrected chi connectivity index (χ4v) is 3.05. The summed E-state index contributed by atoms with van der Waals surface area (Å²) in [4.78, 5) is 2.67. The second kappa shape index (κ2) is 6.83. The smallest absolute Gasteiger partial charge is 0.0167 e. The minimum Gasteiger partial charge on any atom is -0.312 e. The van der Waals surface area contributed by atoms with Gasteiger partial charge in [-0.25, -0.2) is 0 Å². The van der Waals surface area contributed by atoms with Gasteiger partial charge in [-0.15, -0.1) is 12.4 Å². The third-order valence-corrected chi connectivity index (χ3v) is 4.10. The van der Waals surface area contributed by atoms with Crippen LogP contribution in [0.3, 0.4) is 0 Å². The molecule has 0 radical (unpaired) electrons. The van der Waals surface area contributed by atoms with E-state index >= 15 is 0 Å². The maximum absolute atomic E-state index is 3.51. The summed E-state index contributed by atoms with van der Waals surface area (Å²) in [5, 5.41) is 3.51. The topological polar surface area (TPSA) is 15.3 Å². The van der Waals surface area contributed by atoms with Gasteiger partial charge in [0.2, 0.25) is 0 Å². The van der Waals surface area contributed by atoms with Gasteiger partial charge in [-0.05, 0) is 31.6 Å². The molecule has 2 aliphatic rings. The molecule has 0 aromatic heterocycles. The molecule has 16 heavy (non-hydrogen) atoms. The van der Waals surface area contributed by atoms with Crippen LogP contribution in [0.2, 0.25) is 0 Å². The number of rotatable bonds is 2. The van der Waals surface area contributed by atoms with E-state index in [1.165, 1.54) is 51.9 Å². The zero-order chi connectivity index (χ0) is 10.7. The molecule has 2 fully saturated rings. The van der Waals surface area contributed by atoms with Crippen molar-refractivity contribution in [2.75, 3.05) is 26.2 Å². The molecular weight excluding hydrogens is 220 g/mol. The summed E-state index contributed by atoms with van der Waals surface area (Å²) in [5.41, 5.74) is 0. The second-order valence-corrected chi connectivity index (χ2v) is 5.74. The lowest BCUT2D eigenvalue weighted by atomic mass is 9.82. The quantitative estimate of drug-likeness (QED) is 0.806. The number of halogens is 1. The lowest BCUT2D eigenvalue weighted by molar-refractivity contribution is 0.151. The van der Waals surface area contributed by atoms with Crippen molar-refractivity contribution in [3.63, 3.8) is 0 Å². The molecule has 0 unspecified atom stereocenters. The molecule has 0 aromatic rings. The van der Waals surface area contributed by atoms with Crippen molar-refractivity contribution >= 4 is 12.4 Å². The van der Waals surface area contributed by atoms with Gasteiger partial charge in [0, 0.05) is 32.2 Å². The second-order valence-electron chi connectivity index (χ2n) is 5.74. The van der Waals surface area contributed by atoms with Crippen LogP contribution in [-0.4, -0.2) is 37.1 Å². The van der Waals surface area contributed by atoms with E-state index in [-0.39, 0.29) is 12.4 Å². The van der Waals surface area contributed by atoms with Gasteiger partial charge in [0.05, 0.1) is 0 Å². The Balaban J connectivity index is 0.00000128. The molecule has 1 saturated carbocycles. The van der Waals surface area contributed by atoms with E-state index in [2.05, 4.69) is 24.1 Å². The maximum Gasteiger partial charge on any atom is 0.0167 e. The zero-order valence-corrected chi connectivity index (χ0v) is 11.6. The number of nitrogens with zero attached hydrogens (tertiary/aromatic N) is 1. The van der Waals surface area contributed by atoms with Gasteiger partial charge < -0.3 is 10.2 Å². The van der Waals surface area contributed by atoms with Gasteiger partial charge in [-0.1, -0.05) is 19.8 Å². The zero-order valence-electron chi connectivity index (χ0n) is 10.7. The molecule has 1 heterocycles. The Morgan fingerprint density at radius 2 is 1.81 bits per heavy atom. The molecule has 0 spiro atoms. The average Bonchev–Trinajstić information content (AvgIpc) is 2.22. The lowest BCUT2D eigenvalue weighted by Crippen LogP contribution is -2.50. The van der Waals surface area contributed by atoms with Crippen LogP contribution in [0.4, 0.5) is 0 Å². The van der Waals surface area contributed by atoms with Crippen molar-refractivity contribution in [3.05, 3.63) is 0 Å². The van der Waals surface area contributed by atoms with Crippen LogP contribution in [0, 0.1) is 11.8 Å². The molecule has 1 atom stereocenters. The molecular formula is C13H27ClN2. The van der Waals surface area contributed by atoms with Gasteiger partial charge >= 0.3 is 0 Å². The van der Waals surface area contributed by atoms with Crippen LogP contribution < -0.4 is 5.32 Å². The van der Waals surface area contributed by atoms with Gasteiger partial charge in [0.25, 0.3) is 0 Å². The number of hydrogen-bond donors (Lipinski definition) is 1. The standard InChI is InChI=1S/C13H26N2.ClH/c1-11-3-5-13(6-4-11)10-15-8-7-14-12(2)9-15;/h11-14H,3-10H2,1-2H3;1H/t11?,12-,13?;/m0./s1. The third kappa shape index (κ3) is 4.23. The molecule has 0 bridgehead atoms. The molecule has 2 rings (SSSR count). The van der Waals surface area contributed by atoms with E-state index in [0.29, 0.717) is 6.04 Å². The molecule has 3 heteroatoms. The Morgan fingerprint density at radius 1 is 1.12 bits per heavy atom. The Kier molecular flexibility index (Phi) is 6.09. The average molecular weight is 247 g/mol. The predicted molar refractivity (Wildman–Crippen MR) is 72.3 cm³/mol. The first kappa shape index (κ1) is 14.3. The highest BCUT2D eigenvalue weighted by atomic mass is 35.5. The summed E-state index contributed by atoms with van der Waals surface area (Å²) in [6.45, 7) is 9.77. The summed E-state index contributed by atoms with van der Waals surface area (Å²) in [6, 6.07) is 0.696. The predicted octanol–water partition coefficient (Wildman–Crippen LogP) is 2.53. The van der Waals surface area contributed by atoms with E-state index in [4.69, 9.17) is 0 Å². The van der Waals surface area contributed by atoms with E-state index in [9.17, 15) is 0 Å². The largest absolute Gasteiger partial charge is 0.312 e. The van der Waals surface area contributed by atoms with Crippen molar-refractivity contribution in [2.45, 2.75) is 45.6 Å². The molecule has 0 aromatic carbocycles. The molecule has 0 amide bonds. The van der Waals surface area contributed by atoms with E-state index in [1.807, 2.05) is 0 Å². The summed E-state index contributed by atoms with van der Waals surface area (Å²) in [7, 11) is 0. The molecule has 2 nitrogen and oxygen atoms in total. The maximum atomic E-state index is 3.51. The third-order valence-electron chi connectivity index (χ3n) is 4.10. The van der Waals surface area contributed by atoms with Gasteiger partial charge in [0.15, 0.2) is 0 Å². The Morgan fingerprint density at radius 3 is 2.44 bits per heavy atom. The van der Waals surface area contributed by atoms with Crippen LogP contribution in [0.5, 0.6) is 0 Å². The lowest BCUT2D eigenvalue weighted by Gasteiger charge is -2.36. The van der Waals surface area contributed by atoms with Crippen molar-refractivity contribution in [2.24, 2.45) is 11.8 Å². The van der Waals surface area contributed by atoms with Crippen LogP contribution in [0.25, 0.3) is 0 Å². The Bertz CT molecular complexity index is 190. The highest BCUT2D eigenvalue weighted by molar-refractivity contribution is 5.85. The Hall–Kier alpha value is 0.210. The van der Waals surface area contributed by atoms with Gasteiger partial charge in [-0.2, -0.15) is 0 Å².